The molecule has 1 aliphatic heterocycles. The lowest BCUT2D eigenvalue weighted by Gasteiger charge is -2.30. The van der Waals surface area contributed by atoms with Crippen LogP contribution in [0.25, 0.3) is 11.2 Å². The number of Topliss-reactive ketones (excluding diaryl/α,β-unsaturated/α-hetero) is 1. The first-order valence-electron chi connectivity index (χ1n) is 21.2. The van der Waals surface area contributed by atoms with Crippen molar-refractivity contribution in [1.82, 2.24) is 30.2 Å². The summed E-state index contributed by atoms with van der Waals surface area (Å²) in [6.45, 7) is 2.34. The summed E-state index contributed by atoms with van der Waals surface area (Å²) in [6.07, 6.45) is 1.22. The van der Waals surface area contributed by atoms with Crippen LogP contribution in [0.5, 0.6) is 0 Å². The molecule has 1 saturated carbocycles. The Labute approximate surface area is 389 Å². The number of ketones is 1. The number of amides is 2. The maximum atomic E-state index is 12.7. The number of aromatic nitrogens is 4. The smallest absolute Gasteiger partial charge is 0.393 e. The summed E-state index contributed by atoms with van der Waals surface area (Å²) >= 11 is 0.957. The van der Waals surface area contributed by atoms with Gasteiger partial charge in [-0.3, -0.25) is 37.3 Å². The van der Waals surface area contributed by atoms with Crippen LogP contribution in [0.2, 0.25) is 0 Å². The van der Waals surface area contributed by atoms with Crippen molar-refractivity contribution in [2.75, 3.05) is 37.8 Å². The number of hydrogen-bond donors (Lipinski definition) is 10. The SMILES string of the molecule is CC/C=C\C[C@@H]1C(=O)CC[C@@H]1CCCC(O)CC(=O)SCCNC(=O)CCNC(=O)[C@H](O)C(C)(C)COP(=O)(O)OP(=O)(O)OC[C@H]1O[C@@H](n2cnc3c(N)ncnc32)[C@H](O)[C@@H]1OP(=O)(O)O. The Morgan fingerprint density at radius 2 is 1.78 bits per heavy atom. The predicted molar refractivity (Wildman–Crippen MR) is 237 cm³/mol. The van der Waals surface area contributed by atoms with Crippen molar-refractivity contribution in [1.29, 1.82) is 0 Å². The van der Waals surface area contributed by atoms with E-state index in [-0.39, 0.29) is 71.4 Å². The third-order valence-corrected chi connectivity index (χ3v) is 14.8. The Balaban J connectivity index is 1.13. The Morgan fingerprint density at radius 1 is 1.06 bits per heavy atom. The largest absolute Gasteiger partial charge is 0.481 e. The lowest BCUT2D eigenvalue weighted by atomic mass is 9.87. The Hall–Kier alpha value is -3.07. The highest BCUT2D eigenvalue weighted by Crippen LogP contribution is 2.61. The minimum absolute atomic E-state index is 0.0195. The van der Waals surface area contributed by atoms with Gasteiger partial charge in [-0.25, -0.2) is 28.6 Å². The van der Waals surface area contributed by atoms with E-state index in [2.05, 4.69) is 46.6 Å². The van der Waals surface area contributed by atoms with Crippen LogP contribution < -0.4 is 16.4 Å². The van der Waals surface area contributed by atoms with Gasteiger partial charge < -0.3 is 56.0 Å². The molecule has 1 aliphatic carbocycles. The van der Waals surface area contributed by atoms with Crippen LogP contribution in [0.4, 0.5) is 5.82 Å². The summed E-state index contributed by atoms with van der Waals surface area (Å²) in [4.78, 5) is 101. The molecule has 26 nitrogen and oxygen atoms in total. The van der Waals surface area contributed by atoms with Gasteiger partial charge in [0, 0.05) is 49.4 Å². The number of nitrogens with one attached hydrogen (secondary N) is 2. The summed E-state index contributed by atoms with van der Waals surface area (Å²) < 4.78 is 62.4. The monoisotopic (exact) mass is 1030 g/mol. The second-order valence-corrected chi connectivity index (χ2v) is 22.0. The highest BCUT2D eigenvalue weighted by atomic mass is 32.2. The third kappa shape index (κ3) is 17.7. The number of nitrogens with zero attached hydrogens (tertiary/aromatic N) is 4. The number of aliphatic hydroxyl groups excluding tert-OH is 3. The van der Waals surface area contributed by atoms with Gasteiger partial charge in [0.15, 0.2) is 22.8 Å². The van der Waals surface area contributed by atoms with Gasteiger partial charge in [0.2, 0.25) is 11.8 Å². The van der Waals surface area contributed by atoms with Crippen LogP contribution in [0.3, 0.4) is 0 Å². The van der Waals surface area contributed by atoms with Crippen LogP contribution in [0.1, 0.15) is 84.8 Å². The maximum absolute atomic E-state index is 12.7. The lowest BCUT2D eigenvalue weighted by molar-refractivity contribution is -0.137. The molecule has 10 atom stereocenters. The number of nitrogens with two attached hydrogens (primary N) is 1. The summed E-state index contributed by atoms with van der Waals surface area (Å²) in [5.74, 6) is -0.714. The first kappa shape index (κ1) is 56.5. The Kier molecular flexibility index (Phi) is 21.2. The molecule has 1 saturated heterocycles. The molecule has 0 aromatic carbocycles. The summed E-state index contributed by atoms with van der Waals surface area (Å²) in [5, 5.41) is 36.6. The molecule has 3 heterocycles. The molecule has 0 bridgehead atoms. The van der Waals surface area contributed by atoms with E-state index in [4.69, 9.17) is 19.5 Å². The van der Waals surface area contributed by atoms with E-state index in [1.54, 1.807) is 0 Å². The van der Waals surface area contributed by atoms with E-state index >= 15 is 0 Å². The molecule has 3 unspecified atom stereocenters. The third-order valence-electron chi connectivity index (χ3n) is 10.8. The van der Waals surface area contributed by atoms with Gasteiger partial charge in [0.1, 0.15) is 42.0 Å². The standard InChI is InChI=1S/C37H60N7O19P3S/c1-4-5-6-10-24-22(11-12-25(24)46)8-7-9-23(45)17-28(48)67-16-15-39-27(47)13-14-40-35(51)32(50)37(2,3)19-60-66(57,58)63-65(55,56)59-18-26-31(62-64(52,53)54)30(49)36(61-26)44-21-43-29-33(38)41-20-42-34(29)44/h5-6,20-24,26,30-32,36,45,49-50H,4,7-19H2,1-3H3,(H,39,47)(H,40,51)(H,55,56)(H,57,58)(H2,38,41,42)(H2,52,53,54)/b6-5-/t22-,23?,24-,26+,30+,31+,32-,36+/m0/s1. The Bertz CT molecular complexity index is 2200. The molecule has 2 aromatic heterocycles. The fraction of sp³-hybridized carbons (Fsp3) is 0.703. The first-order chi connectivity index (χ1) is 31.3. The molecular formula is C37H60N7O19P3S. The zero-order valence-electron chi connectivity index (χ0n) is 37.0. The average molecular weight is 1030 g/mol. The molecule has 0 spiro atoms. The number of allylic oxidation sites excluding steroid dienone is 2. The van der Waals surface area contributed by atoms with Gasteiger partial charge in [0.05, 0.1) is 25.6 Å². The number of carbonyl (C=O) groups is 4. The molecule has 378 valence electrons. The zero-order chi connectivity index (χ0) is 49.7. The predicted octanol–water partition coefficient (Wildman–Crippen LogP) is 1.54. The van der Waals surface area contributed by atoms with Gasteiger partial charge in [-0.1, -0.05) is 51.1 Å². The van der Waals surface area contributed by atoms with Crippen molar-refractivity contribution in [2.45, 2.75) is 115 Å². The number of imidazole rings is 1. The minimum Gasteiger partial charge on any atom is -0.393 e. The number of hydrogen-bond acceptors (Lipinski definition) is 20. The van der Waals surface area contributed by atoms with Crippen molar-refractivity contribution in [2.24, 2.45) is 17.3 Å². The molecule has 2 fully saturated rings. The van der Waals surface area contributed by atoms with E-state index in [1.807, 2.05) is 6.92 Å². The van der Waals surface area contributed by atoms with Crippen molar-refractivity contribution in [3.63, 3.8) is 0 Å². The number of rotatable bonds is 28. The molecule has 30 heteroatoms. The van der Waals surface area contributed by atoms with Gasteiger partial charge in [-0.2, -0.15) is 4.31 Å². The number of anilines is 1. The first-order valence-corrected chi connectivity index (χ1v) is 26.7. The summed E-state index contributed by atoms with van der Waals surface area (Å²) in [7, 11) is -16.5. The second-order valence-electron chi connectivity index (χ2n) is 16.6. The van der Waals surface area contributed by atoms with Crippen molar-refractivity contribution < 1.29 is 90.4 Å². The van der Waals surface area contributed by atoms with Crippen molar-refractivity contribution >= 4 is 74.9 Å². The molecule has 4 rings (SSSR count). The fourth-order valence-corrected chi connectivity index (χ4v) is 10.9. The number of phosphoric ester groups is 3. The molecule has 67 heavy (non-hydrogen) atoms. The quantitative estimate of drug-likeness (QED) is 0.0328. The van der Waals surface area contributed by atoms with E-state index in [0.717, 1.165) is 54.7 Å². The van der Waals surface area contributed by atoms with Crippen LogP contribution in [0, 0.1) is 17.3 Å². The molecular weight excluding hydrogens is 971 g/mol. The van der Waals surface area contributed by atoms with Gasteiger partial charge in [-0.15, -0.1) is 0 Å². The fourth-order valence-electron chi connectivity index (χ4n) is 7.32. The summed E-state index contributed by atoms with van der Waals surface area (Å²) in [6, 6.07) is 0. The molecule has 0 radical (unpaired) electrons. The van der Waals surface area contributed by atoms with Gasteiger partial charge in [-0.05, 0) is 38.0 Å². The Morgan fingerprint density at radius 3 is 2.48 bits per heavy atom. The second kappa shape index (κ2) is 25.2. The highest BCUT2D eigenvalue weighted by molar-refractivity contribution is 8.13. The molecule has 2 aromatic rings. The van der Waals surface area contributed by atoms with Crippen LogP contribution in [0.15, 0.2) is 24.8 Å². The maximum Gasteiger partial charge on any atom is 0.481 e. The molecule has 2 amide bonds. The van der Waals surface area contributed by atoms with Crippen LogP contribution >= 0.6 is 35.2 Å². The van der Waals surface area contributed by atoms with E-state index < -0.39 is 90.7 Å². The molecule has 2 aliphatic rings. The van der Waals surface area contributed by atoms with E-state index in [1.165, 1.54) is 13.8 Å². The number of ether oxygens (including phenoxy) is 1. The van der Waals surface area contributed by atoms with Crippen molar-refractivity contribution in [3.8, 4) is 0 Å². The normalized spacial score (nSPS) is 24.1. The number of carbonyl (C=O) groups excluding carboxylic acids is 4. The number of thioether (sulfide) groups is 1. The number of aliphatic hydroxyl groups is 3. The molecule has 11 N–H and O–H groups in total. The van der Waals surface area contributed by atoms with Crippen molar-refractivity contribution in [3.05, 3.63) is 24.8 Å². The average Bonchev–Trinajstić information content (AvgIpc) is 3.91. The minimum atomic E-state index is -5.60. The number of nitrogen functional groups attached to an aromatic ring is 1. The number of phosphoric acid groups is 3. The van der Waals surface area contributed by atoms with Gasteiger partial charge >= 0.3 is 23.5 Å². The van der Waals surface area contributed by atoms with Crippen LogP contribution in [-0.4, -0.2) is 140 Å². The number of fused-ring (bicyclic) bond motifs is 1. The highest BCUT2D eigenvalue weighted by Gasteiger charge is 2.50. The van der Waals surface area contributed by atoms with E-state index in [0.29, 0.717) is 19.3 Å². The summed E-state index contributed by atoms with van der Waals surface area (Å²) in [5.41, 5.74) is 4.23. The zero-order valence-corrected chi connectivity index (χ0v) is 40.5. The lowest BCUT2D eigenvalue weighted by Crippen LogP contribution is -2.46. The van der Waals surface area contributed by atoms with E-state index in [9.17, 15) is 67.8 Å². The van der Waals surface area contributed by atoms with Gasteiger partial charge in [0.25, 0.3) is 0 Å². The topological polar surface area (TPSA) is 401 Å². The van der Waals surface area contributed by atoms with Crippen LogP contribution in [-0.2, 0) is 55.5 Å².